The Morgan fingerprint density at radius 2 is 2.06 bits per heavy atom. The van der Waals surface area contributed by atoms with E-state index in [1.807, 2.05) is 34.0 Å². The first kappa shape index (κ1) is 14.1. The summed E-state index contributed by atoms with van der Waals surface area (Å²) in [6, 6.07) is 0. The van der Waals surface area contributed by atoms with Crippen LogP contribution in [0.4, 0.5) is 0 Å². The zero-order chi connectivity index (χ0) is 12.9. The third kappa shape index (κ3) is 3.26. The Morgan fingerprint density at radius 3 is 2.47 bits per heavy atom. The van der Waals surface area contributed by atoms with Gasteiger partial charge in [0.15, 0.2) is 0 Å². The molecule has 0 spiro atoms. The summed E-state index contributed by atoms with van der Waals surface area (Å²) >= 11 is 0. The Kier molecular flexibility index (Phi) is 5.08. The maximum atomic E-state index is 10.4. The molecule has 0 amide bonds. The van der Waals surface area contributed by atoms with Crippen molar-refractivity contribution in [2.45, 2.75) is 51.7 Å². The highest BCUT2D eigenvalue weighted by molar-refractivity contribution is 4.99. The maximum Gasteiger partial charge on any atom is 0.0938 e. The van der Waals surface area contributed by atoms with Gasteiger partial charge in [0, 0.05) is 26.3 Å². The van der Waals surface area contributed by atoms with Crippen LogP contribution < -0.4 is 0 Å². The van der Waals surface area contributed by atoms with E-state index in [1.165, 1.54) is 0 Å². The number of aromatic nitrogens is 3. The molecule has 1 aromatic heterocycles. The van der Waals surface area contributed by atoms with Crippen molar-refractivity contribution < 1.29 is 9.84 Å². The van der Waals surface area contributed by atoms with Crippen molar-refractivity contribution in [2.75, 3.05) is 6.61 Å². The molecule has 5 heteroatoms. The molecule has 0 radical (unpaired) electrons. The van der Waals surface area contributed by atoms with Crippen LogP contribution in [0.15, 0.2) is 6.20 Å². The molecule has 1 N–H and O–H groups in total. The fraction of sp³-hybridized carbons (Fsp3) is 0.833. The van der Waals surface area contributed by atoms with Gasteiger partial charge in [-0.15, -0.1) is 5.10 Å². The van der Waals surface area contributed by atoms with Crippen LogP contribution in [-0.4, -0.2) is 38.4 Å². The zero-order valence-electron chi connectivity index (χ0n) is 11.2. The fourth-order valence-electron chi connectivity index (χ4n) is 2.18. The molecule has 0 saturated heterocycles. The molecule has 0 saturated carbocycles. The first-order valence-corrected chi connectivity index (χ1v) is 6.25. The first-order chi connectivity index (χ1) is 8.07. The van der Waals surface area contributed by atoms with Crippen LogP contribution in [0.2, 0.25) is 0 Å². The molecule has 0 bridgehead atoms. The molecule has 1 unspecified atom stereocenters. The Balaban J connectivity index is 2.74. The van der Waals surface area contributed by atoms with Crippen LogP contribution >= 0.6 is 0 Å². The Morgan fingerprint density at radius 1 is 1.41 bits per heavy atom. The van der Waals surface area contributed by atoms with Crippen molar-refractivity contribution in [3.05, 3.63) is 11.9 Å². The summed E-state index contributed by atoms with van der Waals surface area (Å²) in [5, 5.41) is 18.2. The van der Waals surface area contributed by atoms with Gasteiger partial charge in [0.05, 0.1) is 17.4 Å². The number of ether oxygens (including phenoxy) is 1. The van der Waals surface area contributed by atoms with E-state index in [0.717, 1.165) is 18.5 Å². The topological polar surface area (TPSA) is 60.2 Å². The lowest BCUT2D eigenvalue weighted by molar-refractivity contribution is -0.124. The summed E-state index contributed by atoms with van der Waals surface area (Å²) in [6.45, 7) is 6.65. The minimum absolute atomic E-state index is 0.466. The average Bonchev–Trinajstić information content (AvgIpc) is 2.71. The summed E-state index contributed by atoms with van der Waals surface area (Å²) < 4.78 is 7.40. The van der Waals surface area contributed by atoms with Crippen molar-refractivity contribution in [2.24, 2.45) is 7.05 Å². The number of aliphatic hydroxyl groups excluding tert-OH is 1. The number of rotatable bonds is 7. The van der Waals surface area contributed by atoms with E-state index in [2.05, 4.69) is 10.3 Å². The smallest absolute Gasteiger partial charge is 0.0938 e. The monoisotopic (exact) mass is 241 g/mol. The normalized spacial score (nSPS) is 13.9. The zero-order valence-corrected chi connectivity index (χ0v) is 11.2. The molecule has 0 fully saturated rings. The fourth-order valence-corrected chi connectivity index (χ4v) is 2.18. The van der Waals surface area contributed by atoms with E-state index in [-0.39, 0.29) is 0 Å². The molecule has 1 aromatic rings. The summed E-state index contributed by atoms with van der Waals surface area (Å²) in [6.07, 6.45) is 3.34. The molecule has 1 atom stereocenters. The molecule has 0 aliphatic rings. The highest BCUT2D eigenvalue weighted by atomic mass is 16.5. The van der Waals surface area contributed by atoms with Crippen molar-refractivity contribution in [1.82, 2.24) is 15.0 Å². The van der Waals surface area contributed by atoms with Gasteiger partial charge in [0.1, 0.15) is 0 Å². The predicted octanol–water partition coefficient (Wildman–Crippen LogP) is 1.31. The highest BCUT2D eigenvalue weighted by Gasteiger charge is 2.35. The molecule has 0 aromatic carbocycles. The van der Waals surface area contributed by atoms with Crippen LogP contribution in [0.1, 0.15) is 39.3 Å². The average molecular weight is 241 g/mol. The molecule has 5 nitrogen and oxygen atoms in total. The second-order valence-electron chi connectivity index (χ2n) is 4.31. The molecular weight excluding hydrogens is 218 g/mol. The van der Waals surface area contributed by atoms with Crippen molar-refractivity contribution in [3.8, 4) is 0 Å². The SMILES string of the molecule is CCOC(CC)(CC)C(O)Cc1cn(C)nn1. The van der Waals surface area contributed by atoms with Gasteiger partial charge in [-0.1, -0.05) is 19.1 Å². The molecule has 98 valence electrons. The van der Waals surface area contributed by atoms with Gasteiger partial charge in [-0.3, -0.25) is 4.68 Å². The van der Waals surface area contributed by atoms with E-state index in [4.69, 9.17) is 4.74 Å². The van der Waals surface area contributed by atoms with Gasteiger partial charge in [-0.25, -0.2) is 0 Å². The number of hydrogen-bond donors (Lipinski definition) is 1. The minimum Gasteiger partial charge on any atom is -0.390 e. The molecule has 1 heterocycles. The Hall–Kier alpha value is -0.940. The number of nitrogens with zero attached hydrogens (tertiary/aromatic N) is 3. The van der Waals surface area contributed by atoms with Crippen LogP contribution in [0.5, 0.6) is 0 Å². The summed E-state index contributed by atoms with van der Waals surface area (Å²) in [4.78, 5) is 0. The van der Waals surface area contributed by atoms with Gasteiger partial charge >= 0.3 is 0 Å². The molecule has 1 rings (SSSR count). The van der Waals surface area contributed by atoms with Gasteiger partial charge in [0.2, 0.25) is 0 Å². The van der Waals surface area contributed by atoms with Crippen molar-refractivity contribution >= 4 is 0 Å². The largest absolute Gasteiger partial charge is 0.390 e. The number of hydrogen-bond acceptors (Lipinski definition) is 4. The lowest BCUT2D eigenvalue weighted by atomic mass is 9.87. The second kappa shape index (κ2) is 6.12. The second-order valence-corrected chi connectivity index (χ2v) is 4.31. The Labute approximate surface area is 103 Å². The Bertz CT molecular complexity index is 334. The van der Waals surface area contributed by atoms with E-state index < -0.39 is 11.7 Å². The van der Waals surface area contributed by atoms with E-state index in [0.29, 0.717) is 13.0 Å². The van der Waals surface area contributed by atoms with Crippen LogP contribution in [0.25, 0.3) is 0 Å². The van der Waals surface area contributed by atoms with Crippen molar-refractivity contribution in [3.63, 3.8) is 0 Å². The van der Waals surface area contributed by atoms with Crippen LogP contribution in [0.3, 0.4) is 0 Å². The minimum atomic E-state index is -0.547. The predicted molar refractivity (Wildman–Crippen MR) is 65.7 cm³/mol. The quantitative estimate of drug-likeness (QED) is 0.782. The summed E-state index contributed by atoms with van der Waals surface area (Å²) in [7, 11) is 1.82. The van der Waals surface area contributed by atoms with Gasteiger partial charge in [-0.05, 0) is 19.8 Å². The van der Waals surface area contributed by atoms with E-state index >= 15 is 0 Å². The van der Waals surface area contributed by atoms with Crippen LogP contribution in [-0.2, 0) is 18.2 Å². The lowest BCUT2D eigenvalue weighted by Gasteiger charge is -2.36. The molecule has 0 aliphatic heterocycles. The highest BCUT2D eigenvalue weighted by Crippen LogP contribution is 2.26. The molecule has 17 heavy (non-hydrogen) atoms. The number of aryl methyl sites for hydroxylation is 1. The van der Waals surface area contributed by atoms with Crippen LogP contribution in [0, 0.1) is 0 Å². The van der Waals surface area contributed by atoms with Gasteiger partial charge in [0.25, 0.3) is 0 Å². The first-order valence-electron chi connectivity index (χ1n) is 6.25. The van der Waals surface area contributed by atoms with Gasteiger partial charge in [-0.2, -0.15) is 0 Å². The molecule has 0 aliphatic carbocycles. The summed E-state index contributed by atoms with van der Waals surface area (Å²) in [5.74, 6) is 0. The summed E-state index contributed by atoms with van der Waals surface area (Å²) in [5.41, 5.74) is 0.331. The third-order valence-corrected chi connectivity index (χ3v) is 3.29. The van der Waals surface area contributed by atoms with E-state index in [1.54, 1.807) is 4.68 Å². The molecular formula is C12H23N3O2. The van der Waals surface area contributed by atoms with Crippen molar-refractivity contribution in [1.29, 1.82) is 0 Å². The van der Waals surface area contributed by atoms with Gasteiger partial charge < -0.3 is 9.84 Å². The lowest BCUT2D eigenvalue weighted by Crippen LogP contribution is -2.45. The third-order valence-electron chi connectivity index (χ3n) is 3.29. The number of aliphatic hydroxyl groups is 1. The maximum absolute atomic E-state index is 10.4. The standard InChI is InChI=1S/C12H23N3O2/c1-5-12(6-2,17-7-3)11(16)8-10-9-15(4)14-13-10/h9,11,16H,5-8H2,1-4H3. The van der Waals surface area contributed by atoms with E-state index in [9.17, 15) is 5.11 Å².